The summed E-state index contributed by atoms with van der Waals surface area (Å²) in [6.07, 6.45) is 15.3. The van der Waals surface area contributed by atoms with Crippen molar-refractivity contribution < 1.29 is 4.52 Å². The van der Waals surface area contributed by atoms with Crippen LogP contribution in [-0.2, 0) is 6.42 Å². The van der Waals surface area contributed by atoms with E-state index in [4.69, 9.17) is 4.52 Å². The standard InChI is InChI=1S/C20H26N4O/c1-2-3-4-5-6-7-8-9-19-22-20(23-25-19)17-10-12-18(13-11-17)24-15-14-21-16-24/h10-16H,2-9H2,1H3. The fourth-order valence-electron chi connectivity index (χ4n) is 2.90. The van der Waals surface area contributed by atoms with Crippen molar-refractivity contribution in [1.82, 2.24) is 19.7 Å². The molecule has 0 radical (unpaired) electrons. The first-order chi connectivity index (χ1) is 12.4. The summed E-state index contributed by atoms with van der Waals surface area (Å²) in [5, 5.41) is 4.11. The minimum atomic E-state index is 0.662. The highest BCUT2D eigenvalue weighted by Crippen LogP contribution is 2.19. The Hall–Kier alpha value is -2.43. The van der Waals surface area contributed by atoms with Crippen LogP contribution in [0.1, 0.15) is 57.8 Å². The maximum Gasteiger partial charge on any atom is 0.226 e. The smallest absolute Gasteiger partial charge is 0.226 e. The second-order valence-electron chi connectivity index (χ2n) is 6.40. The van der Waals surface area contributed by atoms with Crippen LogP contribution in [-0.4, -0.2) is 19.7 Å². The van der Waals surface area contributed by atoms with Gasteiger partial charge in [0.2, 0.25) is 11.7 Å². The van der Waals surface area contributed by atoms with Crippen LogP contribution < -0.4 is 0 Å². The molecule has 0 aliphatic rings. The van der Waals surface area contributed by atoms with E-state index < -0.39 is 0 Å². The van der Waals surface area contributed by atoms with Gasteiger partial charge in [0.15, 0.2) is 0 Å². The van der Waals surface area contributed by atoms with Crippen LogP contribution in [0.25, 0.3) is 17.1 Å². The summed E-state index contributed by atoms with van der Waals surface area (Å²) >= 11 is 0. The van der Waals surface area contributed by atoms with Gasteiger partial charge in [-0.15, -0.1) is 0 Å². The lowest BCUT2D eigenvalue weighted by Gasteiger charge is -2.01. The Labute approximate surface area is 149 Å². The van der Waals surface area contributed by atoms with Gasteiger partial charge < -0.3 is 9.09 Å². The van der Waals surface area contributed by atoms with Crippen LogP contribution in [0.4, 0.5) is 0 Å². The zero-order valence-electron chi connectivity index (χ0n) is 14.9. The molecule has 3 aromatic rings. The summed E-state index contributed by atoms with van der Waals surface area (Å²) in [5.41, 5.74) is 2.03. The highest BCUT2D eigenvalue weighted by atomic mass is 16.5. The minimum absolute atomic E-state index is 0.662. The molecule has 0 unspecified atom stereocenters. The molecule has 3 rings (SSSR count). The third-order valence-corrected chi connectivity index (χ3v) is 4.39. The number of aromatic nitrogens is 4. The van der Waals surface area contributed by atoms with Crippen LogP contribution in [0.2, 0.25) is 0 Å². The van der Waals surface area contributed by atoms with Gasteiger partial charge in [-0.25, -0.2) is 4.98 Å². The van der Waals surface area contributed by atoms with E-state index in [2.05, 4.69) is 22.0 Å². The highest BCUT2D eigenvalue weighted by Gasteiger charge is 2.08. The number of nitrogens with zero attached hydrogens (tertiary/aromatic N) is 4. The summed E-state index contributed by atoms with van der Waals surface area (Å²) in [4.78, 5) is 8.59. The number of benzene rings is 1. The SMILES string of the molecule is CCCCCCCCCc1nc(-c2ccc(-n3ccnc3)cc2)no1. The van der Waals surface area contributed by atoms with E-state index in [-0.39, 0.29) is 0 Å². The molecular formula is C20H26N4O. The van der Waals surface area contributed by atoms with Crippen LogP contribution in [0, 0.1) is 0 Å². The summed E-state index contributed by atoms with van der Waals surface area (Å²) in [6.45, 7) is 2.25. The van der Waals surface area contributed by atoms with Gasteiger partial charge in [-0.2, -0.15) is 4.98 Å². The Kier molecular flexibility index (Phi) is 6.37. The molecule has 0 aliphatic carbocycles. The molecule has 0 atom stereocenters. The summed E-state index contributed by atoms with van der Waals surface area (Å²) in [5.74, 6) is 1.40. The average molecular weight is 338 g/mol. The lowest BCUT2D eigenvalue weighted by Crippen LogP contribution is -1.90. The van der Waals surface area contributed by atoms with Crippen molar-refractivity contribution in [2.75, 3.05) is 0 Å². The van der Waals surface area contributed by atoms with Crippen LogP contribution in [0.3, 0.4) is 0 Å². The Morgan fingerprint density at radius 1 is 0.960 bits per heavy atom. The average Bonchev–Trinajstić information content (AvgIpc) is 3.33. The largest absolute Gasteiger partial charge is 0.339 e. The molecule has 1 aromatic carbocycles. The fraction of sp³-hybridized carbons (Fsp3) is 0.450. The van der Waals surface area contributed by atoms with Gasteiger partial charge in [-0.05, 0) is 30.7 Å². The lowest BCUT2D eigenvalue weighted by molar-refractivity contribution is 0.373. The van der Waals surface area contributed by atoms with E-state index in [9.17, 15) is 0 Å². The Balaban J connectivity index is 1.48. The number of rotatable bonds is 10. The first-order valence-electron chi connectivity index (χ1n) is 9.28. The van der Waals surface area contributed by atoms with E-state index in [1.807, 2.05) is 35.0 Å². The predicted octanol–water partition coefficient (Wildman–Crippen LogP) is 5.22. The van der Waals surface area contributed by atoms with Crippen LogP contribution >= 0.6 is 0 Å². The van der Waals surface area contributed by atoms with Crippen LogP contribution in [0.15, 0.2) is 47.5 Å². The molecule has 0 N–H and O–H groups in total. The number of imidazole rings is 1. The van der Waals surface area contributed by atoms with Crippen molar-refractivity contribution in [1.29, 1.82) is 0 Å². The molecule has 0 amide bonds. The van der Waals surface area contributed by atoms with Gasteiger partial charge >= 0.3 is 0 Å². The number of unbranched alkanes of at least 4 members (excludes halogenated alkanes) is 6. The molecule has 0 saturated heterocycles. The van der Waals surface area contributed by atoms with Crippen molar-refractivity contribution in [3.05, 3.63) is 48.9 Å². The summed E-state index contributed by atoms with van der Waals surface area (Å²) < 4.78 is 7.35. The predicted molar refractivity (Wildman–Crippen MR) is 98.6 cm³/mol. The Bertz CT molecular complexity index is 731. The molecule has 0 saturated carbocycles. The van der Waals surface area contributed by atoms with Gasteiger partial charge in [0.25, 0.3) is 0 Å². The van der Waals surface area contributed by atoms with Gasteiger partial charge in [-0.3, -0.25) is 0 Å². The van der Waals surface area contributed by atoms with Gasteiger partial charge in [0, 0.05) is 30.1 Å². The first kappa shape index (κ1) is 17.4. The Morgan fingerprint density at radius 3 is 2.44 bits per heavy atom. The molecule has 2 heterocycles. The maximum absolute atomic E-state index is 5.39. The number of hydrogen-bond acceptors (Lipinski definition) is 4. The Morgan fingerprint density at radius 2 is 1.72 bits per heavy atom. The number of aryl methyl sites for hydroxylation is 1. The molecule has 132 valence electrons. The maximum atomic E-state index is 5.39. The molecule has 0 spiro atoms. The molecule has 5 heteroatoms. The van der Waals surface area contributed by atoms with Gasteiger partial charge in [-0.1, -0.05) is 50.6 Å². The topological polar surface area (TPSA) is 56.7 Å². The van der Waals surface area contributed by atoms with Crippen molar-refractivity contribution in [2.24, 2.45) is 0 Å². The molecular weight excluding hydrogens is 312 g/mol. The van der Waals surface area contributed by atoms with E-state index in [1.165, 1.54) is 38.5 Å². The third-order valence-electron chi connectivity index (χ3n) is 4.39. The quantitative estimate of drug-likeness (QED) is 0.476. The third kappa shape index (κ3) is 5.02. The van der Waals surface area contributed by atoms with Crippen molar-refractivity contribution in [2.45, 2.75) is 58.3 Å². The molecule has 0 aliphatic heterocycles. The van der Waals surface area contributed by atoms with E-state index >= 15 is 0 Å². The molecule has 0 bridgehead atoms. The minimum Gasteiger partial charge on any atom is -0.339 e. The van der Waals surface area contributed by atoms with Crippen molar-refractivity contribution >= 4 is 0 Å². The summed E-state index contributed by atoms with van der Waals surface area (Å²) in [7, 11) is 0. The molecule has 25 heavy (non-hydrogen) atoms. The highest BCUT2D eigenvalue weighted by molar-refractivity contribution is 5.56. The molecule has 0 fully saturated rings. The first-order valence-corrected chi connectivity index (χ1v) is 9.28. The molecule has 2 aromatic heterocycles. The van der Waals surface area contributed by atoms with Gasteiger partial charge in [0.1, 0.15) is 0 Å². The zero-order valence-corrected chi connectivity index (χ0v) is 14.9. The molecule has 5 nitrogen and oxygen atoms in total. The zero-order chi connectivity index (χ0) is 17.3. The van der Waals surface area contributed by atoms with Crippen LogP contribution in [0.5, 0.6) is 0 Å². The monoisotopic (exact) mass is 338 g/mol. The van der Waals surface area contributed by atoms with E-state index in [0.717, 1.165) is 30.0 Å². The lowest BCUT2D eigenvalue weighted by atomic mass is 10.1. The fourth-order valence-corrected chi connectivity index (χ4v) is 2.90. The second-order valence-corrected chi connectivity index (χ2v) is 6.40. The summed E-state index contributed by atoms with van der Waals surface area (Å²) in [6, 6.07) is 8.09. The second kappa shape index (κ2) is 9.16. The van der Waals surface area contributed by atoms with E-state index in [0.29, 0.717) is 5.82 Å². The van der Waals surface area contributed by atoms with Crippen molar-refractivity contribution in [3.8, 4) is 17.1 Å². The normalized spacial score (nSPS) is 11.1. The van der Waals surface area contributed by atoms with E-state index in [1.54, 1.807) is 12.5 Å². The number of hydrogen-bond donors (Lipinski definition) is 0. The van der Waals surface area contributed by atoms with Gasteiger partial charge in [0.05, 0.1) is 6.33 Å². The van der Waals surface area contributed by atoms with Crippen molar-refractivity contribution in [3.63, 3.8) is 0 Å².